The average molecular weight is 476 g/mol. The smallest absolute Gasteiger partial charge is 0.0860 e. The summed E-state index contributed by atoms with van der Waals surface area (Å²) >= 11 is 8.85. The van der Waals surface area contributed by atoms with E-state index in [0.29, 0.717) is 5.03 Å². The first-order valence-electron chi connectivity index (χ1n) is 8.00. The quantitative estimate of drug-likeness (QED) is 0.133. The van der Waals surface area contributed by atoms with Gasteiger partial charge in [0.05, 0.1) is 17.9 Å². The van der Waals surface area contributed by atoms with Crippen molar-refractivity contribution in [3.63, 3.8) is 0 Å². The Labute approximate surface area is 166 Å². The van der Waals surface area contributed by atoms with Crippen LogP contribution in [0.25, 0.3) is 0 Å². The van der Waals surface area contributed by atoms with Gasteiger partial charge in [-0.3, -0.25) is 4.99 Å². The Bertz CT molecular complexity index is 663. The third-order valence-corrected chi connectivity index (χ3v) is 7.26. The lowest BCUT2D eigenvalue weighted by Crippen LogP contribution is -2.21. The lowest BCUT2D eigenvalue weighted by molar-refractivity contribution is 0.265. The van der Waals surface area contributed by atoms with Gasteiger partial charge in [-0.05, 0) is 72.2 Å². The molecule has 0 radical (unpaired) electrons. The summed E-state index contributed by atoms with van der Waals surface area (Å²) in [6, 6.07) is 1.16. The number of rotatable bonds is 6. The number of hydrogen-bond donors (Lipinski definition) is 0. The number of halogens is 2. The Morgan fingerprint density at radius 2 is 2.00 bits per heavy atom. The lowest BCUT2D eigenvalue weighted by Gasteiger charge is -2.16. The molecule has 0 aromatic rings. The lowest BCUT2D eigenvalue weighted by atomic mass is 10.0. The number of ether oxygens (including phenoxy) is 1. The van der Waals surface area contributed by atoms with Gasteiger partial charge in [-0.1, -0.05) is 37.8 Å². The van der Waals surface area contributed by atoms with Crippen molar-refractivity contribution in [2.75, 3.05) is 6.61 Å². The van der Waals surface area contributed by atoms with E-state index < -0.39 is 8.07 Å². The highest BCUT2D eigenvalue weighted by Gasteiger charge is 2.18. The summed E-state index contributed by atoms with van der Waals surface area (Å²) in [6.07, 6.45) is 5.44. The zero-order valence-corrected chi connectivity index (χ0v) is 19.4. The molecule has 132 valence electrons. The van der Waals surface area contributed by atoms with Crippen LogP contribution in [0.1, 0.15) is 20.8 Å². The number of nitrogens with zero attached hydrogens (tertiary/aromatic N) is 1. The van der Waals surface area contributed by atoms with E-state index >= 15 is 0 Å². The molecule has 0 N–H and O–H groups in total. The van der Waals surface area contributed by atoms with Gasteiger partial charge in [0, 0.05) is 29.1 Å². The fourth-order valence-electron chi connectivity index (χ4n) is 1.95. The topological polar surface area (TPSA) is 21.6 Å². The Morgan fingerprint density at radius 3 is 2.58 bits per heavy atom. The van der Waals surface area contributed by atoms with E-state index in [9.17, 15) is 0 Å². The molecule has 1 heterocycles. The normalized spacial score (nSPS) is 17.6. The van der Waals surface area contributed by atoms with Crippen LogP contribution in [0.2, 0.25) is 25.7 Å². The fourth-order valence-corrected chi connectivity index (χ4v) is 4.22. The second-order valence-electron chi connectivity index (χ2n) is 7.17. The Hall–Kier alpha value is -0.593. The second-order valence-corrected chi connectivity index (χ2v) is 14.2. The Balaban J connectivity index is 3.02. The van der Waals surface area contributed by atoms with Gasteiger partial charge in [-0.15, -0.1) is 0 Å². The molecule has 0 bridgehead atoms. The maximum absolute atomic E-state index is 6.52. The van der Waals surface area contributed by atoms with Gasteiger partial charge in [0.15, 0.2) is 0 Å². The molecule has 0 aromatic carbocycles. The third kappa shape index (κ3) is 6.37. The molecular formula is C19H27ClINOSi. The molecular weight excluding hydrogens is 449 g/mol. The van der Waals surface area contributed by atoms with Crippen LogP contribution in [0.5, 0.6) is 0 Å². The summed E-state index contributed by atoms with van der Waals surface area (Å²) < 4.78 is 6.83. The first kappa shape index (κ1) is 21.4. The van der Waals surface area contributed by atoms with Gasteiger partial charge in [0.1, 0.15) is 0 Å². The number of allylic oxidation sites excluding steroid dienone is 7. The zero-order valence-electron chi connectivity index (χ0n) is 15.5. The number of aliphatic imine (C=N–C) groups is 1. The standard InChI is InChI=1S/C19H27ClINOSi/c1-13-8-9-22-16(4)17(18(13)20)19(21)15(3)14(2)12-23-10-11-24(5,6)7/h8-9,12H,1,10-11H2,2-7H3/b14-12?,19-15+. The van der Waals surface area contributed by atoms with E-state index in [1.807, 2.05) is 19.3 Å². The highest BCUT2D eigenvalue weighted by Crippen LogP contribution is 2.34. The molecule has 0 aliphatic carbocycles. The van der Waals surface area contributed by atoms with E-state index in [1.165, 1.54) is 0 Å². The minimum absolute atomic E-state index is 0.654. The molecule has 1 rings (SSSR count). The predicted octanol–water partition coefficient (Wildman–Crippen LogP) is 6.99. The van der Waals surface area contributed by atoms with Crippen LogP contribution in [0.15, 0.2) is 61.0 Å². The van der Waals surface area contributed by atoms with Gasteiger partial charge in [-0.2, -0.15) is 0 Å². The van der Waals surface area contributed by atoms with Crippen molar-refractivity contribution in [1.29, 1.82) is 0 Å². The first-order chi connectivity index (χ1) is 11.0. The van der Waals surface area contributed by atoms with E-state index in [4.69, 9.17) is 16.3 Å². The highest BCUT2D eigenvalue weighted by molar-refractivity contribution is 14.1. The van der Waals surface area contributed by atoms with Crippen molar-refractivity contribution in [3.8, 4) is 0 Å². The first-order valence-corrected chi connectivity index (χ1v) is 13.2. The molecule has 1 aliphatic rings. The van der Waals surface area contributed by atoms with Gasteiger partial charge in [-0.25, -0.2) is 0 Å². The van der Waals surface area contributed by atoms with E-state index in [2.05, 4.69) is 67.7 Å². The summed E-state index contributed by atoms with van der Waals surface area (Å²) in [6.45, 7) is 17.9. The molecule has 24 heavy (non-hydrogen) atoms. The van der Waals surface area contributed by atoms with Crippen LogP contribution in [0.3, 0.4) is 0 Å². The molecule has 0 saturated carbocycles. The molecule has 0 saturated heterocycles. The van der Waals surface area contributed by atoms with Gasteiger partial charge >= 0.3 is 0 Å². The summed E-state index contributed by atoms with van der Waals surface area (Å²) in [5, 5.41) is 0.654. The van der Waals surface area contributed by atoms with Crippen molar-refractivity contribution in [3.05, 3.63) is 56.0 Å². The largest absolute Gasteiger partial charge is 0.501 e. The van der Waals surface area contributed by atoms with Crippen LogP contribution in [-0.2, 0) is 4.74 Å². The van der Waals surface area contributed by atoms with E-state index in [1.54, 1.807) is 6.20 Å². The predicted molar refractivity (Wildman–Crippen MR) is 119 cm³/mol. The summed E-state index contributed by atoms with van der Waals surface area (Å²) in [5.41, 5.74) is 4.86. The second kappa shape index (κ2) is 9.20. The fraction of sp³-hybridized carbons (Fsp3) is 0.421. The summed E-state index contributed by atoms with van der Waals surface area (Å²) in [4.78, 5) is 4.42. The average Bonchev–Trinajstić information content (AvgIpc) is 2.60. The van der Waals surface area contributed by atoms with E-state index in [0.717, 1.165) is 44.2 Å². The molecule has 0 spiro atoms. The molecule has 0 aromatic heterocycles. The van der Waals surface area contributed by atoms with Gasteiger partial charge in [0.2, 0.25) is 0 Å². The molecule has 0 amide bonds. The SMILES string of the molecule is C=C1C=CN=C(C)C(/C(I)=C(/C)C(C)=COCC[Si](C)(C)C)=C1Cl. The van der Waals surface area contributed by atoms with E-state index in [-0.39, 0.29) is 0 Å². The maximum Gasteiger partial charge on any atom is 0.0860 e. The molecule has 2 nitrogen and oxygen atoms in total. The third-order valence-electron chi connectivity index (χ3n) is 3.78. The molecule has 0 unspecified atom stereocenters. The Kier molecular flexibility index (Phi) is 8.22. The number of hydrogen-bond acceptors (Lipinski definition) is 2. The van der Waals surface area contributed by atoms with Crippen molar-refractivity contribution in [2.24, 2.45) is 4.99 Å². The van der Waals surface area contributed by atoms with Crippen molar-refractivity contribution < 1.29 is 4.74 Å². The highest BCUT2D eigenvalue weighted by atomic mass is 127. The Morgan fingerprint density at radius 1 is 1.38 bits per heavy atom. The minimum Gasteiger partial charge on any atom is -0.501 e. The van der Waals surface area contributed by atoms with Crippen LogP contribution in [-0.4, -0.2) is 20.4 Å². The summed E-state index contributed by atoms with van der Waals surface area (Å²) in [5.74, 6) is 0. The molecule has 5 heteroatoms. The summed E-state index contributed by atoms with van der Waals surface area (Å²) in [7, 11) is -1.06. The monoisotopic (exact) mass is 475 g/mol. The minimum atomic E-state index is -1.06. The maximum atomic E-state index is 6.52. The van der Waals surface area contributed by atoms with Crippen LogP contribution in [0.4, 0.5) is 0 Å². The molecule has 0 fully saturated rings. The van der Waals surface area contributed by atoms with Gasteiger partial charge < -0.3 is 4.74 Å². The van der Waals surface area contributed by atoms with Crippen LogP contribution in [0, 0.1) is 0 Å². The molecule has 1 aliphatic heterocycles. The molecule has 0 atom stereocenters. The van der Waals surface area contributed by atoms with Crippen LogP contribution >= 0.6 is 34.2 Å². The zero-order chi connectivity index (χ0) is 18.5. The van der Waals surface area contributed by atoms with Crippen molar-refractivity contribution in [1.82, 2.24) is 0 Å². The van der Waals surface area contributed by atoms with Gasteiger partial charge in [0.25, 0.3) is 0 Å². The van der Waals surface area contributed by atoms with Crippen molar-refractivity contribution in [2.45, 2.75) is 46.5 Å². The van der Waals surface area contributed by atoms with Crippen molar-refractivity contribution >= 4 is 48.0 Å². The van der Waals surface area contributed by atoms with Crippen LogP contribution < -0.4 is 0 Å².